The topological polar surface area (TPSA) is 103 Å². The van der Waals surface area contributed by atoms with Crippen LogP contribution in [-0.4, -0.2) is 16.9 Å². The van der Waals surface area contributed by atoms with Crippen molar-refractivity contribution in [2.24, 2.45) is 0 Å². The number of unbranched alkanes of at least 4 members (excludes halogenated alkanes) is 3. The Bertz CT molecular complexity index is 87.5. The summed E-state index contributed by atoms with van der Waals surface area (Å²) in [5.41, 5.74) is 0. The molecule has 0 fully saturated rings. The van der Waals surface area contributed by atoms with Crippen LogP contribution in [-0.2, 0) is 4.79 Å². The molecule has 0 saturated heterocycles. The van der Waals surface area contributed by atoms with Crippen LogP contribution in [0.1, 0.15) is 39.0 Å². The number of hydrogen-bond donors (Lipinski definition) is 0. The molecule has 0 unspecified atom stereocenters. The van der Waals surface area contributed by atoms with Crippen LogP contribution in [0.4, 0.5) is 0 Å². The molecule has 0 aromatic rings. The Labute approximate surface area is 95.3 Å². The Morgan fingerprint density at radius 3 is 2.00 bits per heavy atom. The zero-order valence-corrected chi connectivity index (χ0v) is 9.85. The minimum atomic E-state index is -0.925. The smallest absolute Gasteiger partial charge is 0.550 e. The third-order valence-electron chi connectivity index (χ3n) is 1.23. The molecule has 0 saturated carbocycles. The van der Waals surface area contributed by atoms with Crippen molar-refractivity contribution in [1.29, 1.82) is 0 Å². The summed E-state index contributed by atoms with van der Waals surface area (Å²) in [4.78, 5) is 9.85. The van der Waals surface area contributed by atoms with Gasteiger partial charge in [0.2, 0.25) is 0 Å². The van der Waals surface area contributed by atoms with Gasteiger partial charge in [-0.3, -0.25) is 0 Å². The fraction of sp³-hybridized carbons (Fsp3) is 0.857. The summed E-state index contributed by atoms with van der Waals surface area (Å²) in [6.45, 7) is 2.10. The van der Waals surface area contributed by atoms with Crippen molar-refractivity contribution in [2.75, 3.05) is 0 Å². The number of carbonyl (C=O) groups excluding carboxylic acids is 1. The maximum Gasteiger partial charge on any atom is 1.00 e. The SMILES string of the molecule is CCCCCCC(=O)[O-].O.O.[Na+]. The molecule has 4 N–H and O–H groups in total. The Balaban J connectivity index is -0.000000107. The average Bonchev–Trinajstić information content (AvgIpc) is 1.80. The van der Waals surface area contributed by atoms with E-state index in [2.05, 4.69) is 6.92 Å². The van der Waals surface area contributed by atoms with E-state index >= 15 is 0 Å². The molecule has 0 radical (unpaired) electrons. The Morgan fingerprint density at radius 1 is 1.17 bits per heavy atom. The molecule has 0 rings (SSSR count). The number of aliphatic carboxylic acids is 1. The molecule has 4 nitrogen and oxygen atoms in total. The van der Waals surface area contributed by atoms with Crippen LogP contribution in [0.15, 0.2) is 0 Å². The second-order valence-corrected chi connectivity index (χ2v) is 2.18. The quantitative estimate of drug-likeness (QED) is 0.324. The molecule has 0 aliphatic rings. The first-order valence-electron chi connectivity index (χ1n) is 3.47. The predicted octanol–water partition coefficient (Wildman–Crippen LogP) is -3.94. The molecule has 0 aliphatic carbocycles. The van der Waals surface area contributed by atoms with Gasteiger partial charge in [0.15, 0.2) is 0 Å². The van der Waals surface area contributed by atoms with Gasteiger partial charge in [-0.1, -0.05) is 26.2 Å². The van der Waals surface area contributed by atoms with Gasteiger partial charge in [-0.25, -0.2) is 0 Å². The third-order valence-corrected chi connectivity index (χ3v) is 1.23. The van der Waals surface area contributed by atoms with Crippen LogP contribution < -0.4 is 34.7 Å². The maximum atomic E-state index is 9.85. The summed E-state index contributed by atoms with van der Waals surface area (Å²) >= 11 is 0. The van der Waals surface area contributed by atoms with Crippen LogP contribution in [0.2, 0.25) is 0 Å². The van der Waals surface area contributed by atoms with Gasteiger partial charge >= 0.3 is 29.6 Å². The molecule has 0 atom stereocenters. The zero-order chi connectivity index (χ0) is 7.11. The van der Waals surface area contributed by atoms with Crippen LogP contribution >= 0.6 is 0 Å². The standard InChI is InChI=1S/C7H14O2.Na.2H2O/c1-2-3-4-5-6-7(8)9;;;/h2-6H2,1H3,(H,8,9);;2*1H2/q;+1;;/p-1. The van der Waals surface area contributed by atoms with Gasteiger partial charge in [-0.2, -0.15) is 0 Å². The minimum Gasteiger partial charge on any atom is -0.550 e. The number of rotatable bonds is 5. The van der Waals surface area contributed by atoms with Gasteiger partial charge in [0, 0.05) is 5.97 Å². The summed E-state index contributed by atoms with van der Waals surface area (Å²) < 4.78 is 0. The van der Waals surface area contributed by atoms with E-state index in [4.69, 9.17) is 0 Å². The predicted molar refractivity (Wildman–Crippen MR) is 41.0 cm³/mol. The molecular formula is C7H17NaO4. The van der Waals surface area contributed by atoms with Crippen molar-refractivity contribution < 1.29 is 50.4 Å². The monoisotopic (exact) mass is 188 g/mol. The molecule has 0 bridgehead atoms. The van der Waals surface area contributed by atoms with Crippen molar-refractivity contribution in [1.82, 2.24) is 0 Å². The summed E-state index contributed by atoms with van der Waals surface area (Å²) in [7, 11) is 0. The van der Waals surface area contributed by atoms with E-state index in [1.54, 1.807) is 0 Å². The van der Waals surface area contributed by atoms with E-state index in [1.807, 2.05) is 0 Å². The van der Waals surface area contributed by atoms with Gasteiger partial charge in [-0.05, 0) is 12.8 Å². The number of carboxylic acid groups (broad SMARTS) is 1. The summed E-state index contributed by atoms with van der Waals surface area (Å²) in [5, 5.41) is 9.85. The maximum absolute atomic E-state index is 9.85. The summed E-state index contributed by atoms with van der Waals surface area (Å²) in [6.07, 6.45) is 4.29. The van der Waals surface area contributed by atoms with Gasteiger partial charge in [0.25, 0.3) is 0 Å². The molecule has 70 valence electrons. The van der Waals surface area contributed by atoms with E-state index < -0.39 is 5.97 Å². The number of carbonyl (C=O) groups is 1. The van der Waals surface area contributed by atoms with Crippen LogP contribution in [0.3, 0.4) is 0 Å². The van der Waals surface area contributed by atoms with E-state index in [-0.39, 0.29) is 46.9 Å². The first-order valence-corrected chi connectivity index (χ1v) is 3.47. The zero-order valence-electron chi connectivity index (χ0n) is 7.85. The van der Waals surface area contributed by atoms with Crippen molar-refractivity contribution in [2.45, 2.75) is 39.0 Å². The van der Waals surface area contributed by atoms with Crippen molar-refractivity contribution in [3.63, 3.8) is 0 Å². The largest absolute Gasteiger partial charge is 1.00 e. The first-order chi connectivity index (χ1) is 4.27. The molecule has 12 heavy (non-hydrogen) atoms. The molecule has 0 amide bonds. The van der Waals surface area contributed by atoms with Crippen molar-refractivity contribution in [3.05, 3.63) is 0 Å². The second-order valence-electron chi connectivity index (χ2n) is 2.18. The van der Waals surface area contributed by atoms with Crippen LogP contribution in [0.5, 0.6) is 0 Å². The normalized spacial score (nSPS) is 7.08. The van der Waals surface area contributed by atoms with Crippen molar-refractivity contribution >= 4 is 5.97 Å². The molecule has 0 heterocycles. The fourth-order valence-electron chi connectivity index (χ4n) is 0.696. The fourth-order valence-corrected chi connectivity index (χ4v) is 0.696. The van der Waals surface area contributed by atoms with E-state index in [0.717, 1.165) is 25.7 Å². The van der Waals surface area contributed by atoms with Gasteiger partial charge in [-0.15, -0.1) is 0 Å². The van der Waals surface area contributed by atoms with Gasteiger partial charge < -0.3 is 20.9 Å². The molecule has 0 spiro atoms. The third kappa shape index (κ3) is 22.4. The molecule has 5 heteroatoms. The number of carboxylic acids is 1. The summed E-state index contributed by atoms with van der Waals surface area (Å²) in [6, 6.07) is 0. The summed E-state index contributed by atoms with van der Waals surface area (Å²) in [5.74, 6) is -0.925. The van der Waals surface area contributed by atoms with E-state index in [0.29, 0.717) is 0 Å². The molecule has 0 aliphatic heterocycles. The minimum absolute atomic E-state index is 0. The van der Waals surface area contributed by atoms with E-state index in [1.165, 1.54) is 0 Å². The van der Waals surface area contributed by atoms with Crippen LogP contribution in [0, 0.1) is 0 Å². The first kappa shape index (κ1) is 22.8. The number of hydrogen-bond acceptors (Lipinski definition) is 2. The van der Waals surface area contributed by atoms with Crippen LogP contribution in [0.25, 0.3) is 0 Å². The molecule has 0 aromatic carbocycles. The Kier molecular flexibility index (Phi) is 33.2. The Hall–Kier alpha value is 0.390. The van der Waals surface area contributed by atoms with Gasteiger partial charge in [0.05, 0.1) is 0 Å². The van der Waals surface area contributed by atoms with Crippen molar-refractivity contribution in [3.8, 4) is 0 Å². The average molecular weight is 188 g/mol. The Morgan fingerprint density at radius 2 is 1.67 bits per heavy atom. The van der Waals surface area contributed by atoms with E-state index in [9.17, 15) is 9.90 Å². The van der Waals surface area contributed by atoms with Gasteiger partial charge in [0.1, 0.15) is 0 Å². The molecule has 0 aromatic heterocycles. The second kappa shape index (κ2) is 17.5. The molecular weight excluding hydrogens is 171 g/mol.